The molecule has 0 saturated heterocycles. The Kier molecular flexibility index (Phi) is 4.60. The first kappa shape index (κ1) is 15.8. The number of anilines is 1. The lowest BCUT2D eigenvalue weighted by Gasteiger charge is -2.18. The van der Waals surface area contributed by atoms with Gasteiger partial charge in [-0.25, -0.2) is 0 Å². The number of methoxy groups -OCH3 is 2. The highest BCUT2D eigenvalue weighted by Crippen LogP contribution is 2.28. The van der Waals surface area contributed by atoms with Gasteiger partial charge in [-0.05, 0) is 40.3 Å². The van der Waals surface area contributed by atoms with E-state index >= 15 is 0 Å². The fourth-order valence-corrected chi connectivity index (χ4v) is 2.48. The lowest BCUT2D eigenvalue weighted by molar-refractivity contribution is 0.354. The summed E-state index contributed by atoms with van der Waals surface area (Å²) in [6.45, 7) is 0.633. The normalized spacial score (nSPS) is 10.5. The summed E-state index contributed by atoms with van der Waals surface area (Å²) in [6, 6.07) is 15.6. The molecule has 1 aromatic heterocycles. The van der Waals surface area contributed by atoms with Crippen LogP contribution in [0, 0.1) is 0 Å². The summed E-state index contributed by atoms with van der Waals surface area (Å²) in [5, 5.41) is 12.0. The molecular formula is C17H19N5O2. The molecule has 0 N–H and O–H groups in total. The molecule has 7 nitrogen and oxygen atoms in total. The third kappa shape index (κ3) is 3.15. The van der Waals surface area contributed by atoms with Crippen LogP contribution < -0.4 is 14.4 Å². The molecule has 7 heteroatoms. The third-order valence-electron chi connectivity index (χ3n) is 3.66. The van der Waals surface area contributed by atoms with Gasteiger partial charge in [0.2, 0.25) is 5.95 Å². The van der Waals surface area contributed by atoms with Crippen LogP contribution in [0.3, 0.4) is 0 Å². The van der Waals surface area contributed by atoms with E-state index in [1.54, 1.807) is 18.9 Å². The molecule has 3 aromatic rings. The average Bonchev–Trinajstić information content (AvgIpc) is 3.12. The lowest BCUT2D eigenvalue weighted by atomic mass is 10.2. The Morgan fingerprint density at radius 1 is 1.00 bits per heavy atom. The van der Waals surface area contributed by atoms with E-state index in [0.717, 1.165) is 11.3 Å². The SMILES string of the molecule is COc1ccc(CN(C)c2nnnn2-c2ccccc2)cc1OC. The fraction of sp³-hybridized carbons (Fsp3) is 0.235. The van der Waals surface area contributed by atoms with E-state index < -0.39 is 0 Å². The Morgan fingerprint density at radius 2 is 1.75 bits per heavy atom. The molecule has 2 aromatic carbocycles. The minimum absolute atomic E-state index is 0.633. The van der Waals surface area contributed by atoms with Gasteiger partial charge >= 0.3 is 0 Å². The average molecular weight is 325 g/mol. The molecule has 0 spiro atoms. The predicted molar refractivity (Wildman–Crippen MR) is 90.8 cm³/mol. The van der Waals surface area contributed by atoms with Crippen LogP contribution in [0.15, 0.2) is 48.5 Å². The monoisotopic (exact) mass is 325 g/mol. The minimum atomic E-state index is 0.633. The quantitative estimate of drug-likeness (QED) is 0.693. The summed E-state index contributed by atoms with van der Waals surface area (Å²) in [4.78, 5) is 1.98. The number of hydrogen-bond donors (Lipinski definition) is 0. The molecule has 3 rings (SSSR count). The second-order valence-electron chi connectivity index (χ2n) is 5.27. The van der Waals surface area contributed by atoms with Crippen molar-refractivity contribution in [3.05, 3.63) is 54.1 Å². The van der Waals surface area contributed by atoms with Gasteiger partial charge in [-0.1, -0.05) is 29.4 Å². The van der Waals surface area contributed by atoms with Crippen molar-refractivity contribution in [2.24, 2.45) is 0 Å². The summed E-state index contributed by atoms with van der Waals surface area (Å²) < 4.78 is 12.3. The minimum Gasteiger partial charge on any atom is -0.493 e. The van der Waals surface area contributed by atoms with Crippen LogP contribution in [0.4, 0.5) is 5.95 Å². The molecule has 1 heterocycles. The van der Waals surface area contributed by atoms with Gasteiger partial charge in [0.15, 0.2) is 11.5 Å². The molecule has 0 radical (unpaired) electrons. The largest absolute Gasteiger partial charge is 0.493 e. The van der Waals surface area contributed by atoms with E-state index in [1.807, 2.05) is 60.5 Å². The van der Waals surface area contributed by atoms with Gasteiger partial charge in [-0.2, -0.15) is 4.68 Å². The summed E-state index contributed by atoms with van der Waals surface area (Å²) in [5.74, 6) is 2.07. The summed E-state index contributed by atoms with van der Waals surface area (Å²) in [6.07, 6.45) is 0. The number of nitrogens with zero attached hydrogens (tertiary/aromatic N) is 5. The van der Waals surface area contributed by atoms with E-state index in [4.69, 9.17) is 9.47 Å². The lowest BCUT2D eigenvalue weighted by Crippen LogP contribution is -2.21. The smallest absolute Gasteiger partial charge is 0.250 e. The molecule has 0 fully saturated rings. The van der Waals surface area contributed by atoms with Crippen molar-refractivity contribution < 1.29 is 9.47 Å². The van der Waals surface area contributed by atoms with Gasteiger partial charge in [-0.15, -0.1) is 0 Å². The highest BCUT2D eigenvalue weighted by atomic mass is 16.5. The molecule has 24 heavy (non-hydrogen) atoms. The molecule has 0 aliphatic rings. The van der Waals surface area contributed by atoms with Crippen LogP contribution in [0.25, 0.3) is 5.69 Å². The van der Waals surface area contributed by atoms with Gasteiger partial charge in [0.05, 0.1) is 19.9 Å². The van der Waals surface area contributed by atoms with E-state index in [-0.39, 0.29) is 0 Å². The fourth-order valence-electron chi connectivity index (χ4n) is 2.48. The Hall–Kier alpha value is -3.09. The van der Waals surface area contributed by atoms with Crippen LogP contribution >= 0.6 is 0 Å². The van der Waals surface area contributed by atoms with E-state index in [1.165, 1.54) is 0 Å². The molecule has 0 aliphatic carbocycles. The summed E-state index contributed by atoms with van der Waals surface area (Å²) >= 11 is 0. The maximum atomic E-state index is 5.35. The molecule has 124 valence electrons. The van der Waals surface area contributed by atoms with Crippen molar-refractivity contribution in [3.8, 4) is 17.2 Å². The highest BCUT2D eigenvalue weighted by molar-refractivity contribution is 5.45. The van der Waals surface area contributed by atoms with Crippen molar-refractivity contribution >= 4 is 5.95 Å². The summed E-state index contributed by atoms with van der Waals surface area (Å²) in [5.41, 5.74) is 1.98. The van der Waals surface area contributed by atoms with Crippen LogP contribution in [0.5, 0.6) is 11.5 Å². The van der Waals surface area contributed by atoms with Gasteiger partial charge in [-0.3, -0.25) is 0 Å². The summed E-state index contributed by atoms with van der Waals surface area (Å²) in [7, 11) is 5.20. The number of benzene rings is 2. The molecule has 0 atom stereocenters. The molecule has 0 unspecified atom stereocenters. The number of aromatic nitrogens is 4. The van der Waals surface area contributed by atoms with Crippen molar-refractivity contribution in [3.63, 3.8) is 0 Å². The molecule has 0 saturated carbocycles. The second-order valence-corrected chi connectivity index (χ2v) is 5.27. The van der Waals surface area contributed by atoms with Gasteiger partial charge in [0.25, 0.3) is 0 Å². The van der Waals surface area contributed by atoms with E-state index in [9.17, 15) is 0 Å². The number of hydrogen-bond acceptors (Lipinski definition) is 6. The third-order valence-corrected chi connectivity index (χ3v) is 3.66. The van der Waals surface area contributed by atoms with Crippen molar-refractivity contribution in [1.82, 2.24) is 20.2 Å². The first-order chi connectivity index (χ1) is 11.7. The van der Waals surface area contributed by atoms with Crippen LogP contribution in [-0.2, 0) is 6.54 Å². The van der Waals surface area contributed by atoms with Gasteiger partial charge < -0.3 is 14.4 Å². The van der Waals surface area contributed by atoms with Crippen molar-refractivity contribution in [2.45, 2.75) is 6.54 Å². The van der Waals surface area contributed by atoms with Gasteiger partial charge in [0, 0.05) is 13.6 Å². The molecule has 0 bridgehead atoms. The van der Waals surface area contributed by atoms with Crippen molar-refractivity contribution in [1.29, 1.82) is 0 Å². The Morgan fingerprint density at radius 3 is 2.46 bits per heavy atom. The first-order valence-electron chi connectivity index (χ1n) is 7.48. The first-order valence-corrected chi connectivity index (χ1v) is 7.48. The standard InChI is InChI=1S/C17H19N5O2/c1-21(12-13-9-10-15(23-2)16(11-13)24-3)17-18-19-20-22(17)14-7-5-4-6-8-14/h4-11H,12H2,1-3H3. The molecule has 0 aliphatic heterocycles. The predicted octanol–water partition coefficient (Wildman–Crippen LogP) is 2.32. The number of para-hydroxylation sites is 1. The zero-order valence-electron chi connectivity index (χ0n) is 13.9. The zero-order chi connectivity index (χ0) is 16.9. The number of ether oxygens (including phenoxy) is 2. The maximum absolute atomic E-state index is 5.35. The van der Waals surface area contributed by atoms with Crippen LogP contribution in [-0.4, -0.2) is 41.5 Å². The Bertz CT molecular complexity index is 804. The topological polar surface area (TPSA) is 65.3 Å². The van der Waals surface area contributed by atoms with E-state index in [0.29, 0.717) is 24.0 Å². The highest BCUT2D eigenvalue weighted by Gasteiger charge is 2.14. The van der Waals surface area contributed by atoms with Crippen LogP contribution in [0.2, 0.25) is 0 Å². The van der Waals surface area contributed by atoms with Gasteiger partial charge in [0.1, 0.15) is 0 Å². The second kappa shape index (κ2) is 6.99. The maximum Gasteiger partial charge on any atom is 0.250 e. The number of rotatable bonds is 6. The number of tetrazole rings is 1. The zero-order valence-corrected chi connectivity index (χ0v) is 13.9. The molecule has 0 amide bonds. The Labute approximate surface area is 140 Å². The molecular weight excluding hydrogens is 306 g/mol. The van der Waals surface area contributed by atoms with E-state index in [2.05, 4.69) is 15.5 Å². The van der Waals surface area contributed by atoms with Crippen LogP contribution in [0.1, 0.15) is 5.56 Å². The van der Waals surface area contributed by atoms with Crippen molar-refractivity contribution in [2.75, 3.05) is 26.2 Å². The Balaban J connectivity index is 1.84.